The topological polar surface area (TPSA) is 68.1 Å². The third-order valence-electron chi connectivity index (χ3n) is 3.57. The molecular weight excluding hydrogens is 264 g/mol. The summed E-state index contributed by atoms with van der Waals surface area (Å²) in [5, 5.41) is 1.12. The molecule has 0 amide bonds. The minimum absolute atomic E-state index is 0.361. The van der Waals surface area contributed by atoms with E-state index in [-0.39, 0.29) is 5.97 Å². The smallest absolute Gasteiger partial charge is 0.344 e. The number of fused-ring (bicyclic) bond motifs is 2. The fourth-order valence-electron chi connectivity index (χ4n) is 2.58. The van der Waals surface area contributed by atoms with Crippen LogP contribution < -0.4 is 5.73 Å². The fraction of sp³-hybridized carbons (Fsp3) is 0. The van der Waals surface area contributed by atoms with Gasteiger partial charge in [0.25, 0.3) is 0 Å². The van der Waals surface area contributed by atoms with Gasteiger partial charge in [-0.15, -0.1) is 0 Å². The summed E-state index contributed by atoms with van der Waals surface area (Å²) in [4.78, 5) is 15.1. The number of benzene rings is 2. The molecule has 0 aliphatic carbocycles. The van der Waals surface area contributed by atoms with Crippen LogP contribution in [0.5, 0.6) is 0 Å². The van der Waals surface area contributed by atoms with Gasteiger partial charge >= 0.3 is 5.97 Å². The lowest BCUT2D eigenvalue weighted by Crippen LogP contribution is -1.94. The molecule has 2 heterocycles. The molecule has 3 N–H and O–H groups in total. The molecule has 1 aliphatic heterocycles. The van der Waals surface area contributed by atoms with Gasteiger partial charge in [-0.3, -0.25) is 0 Å². The molecule has 3 aromatic rings. The molecule has 4 nitrogen and oxygen atoms in total. The highest BCUT2D eigenvalue weighted by atomic mass is 16.5. The highest BCUT2D eigenvalue weighted by molar-refractivity contribution is 6.06. The van der Waals surface area contributed by atoms with E-state index in [0.29, 0.717) is 17.0 Å². The van der Waals surface area contributed by atoms with E-state index in [1.165, 1.54) is 0 Å². The number of aromatic nitrogens is 1. The summed E-state index contributed by atoms with van der Waals surface area (Å²) < 4.78 is 5.33. The quantitative estimate of drug-likeness (QED) is 0.528. The first-order chi connectivity index (χ1) is 10.2. The van der Waals surface area contributed by atoms with Crippen LogP contribution in [-0.2, 0) is 4.74 Å². The standard InChI is InChI=1S/C17H12N2O2/c18-11-5-6-13-14(8-11)17(20)21-16(13)9-12-7-10-3-1-2-4-15(10)19-12/h1-9,19H,18H2/b16-9-. The molecule has 0 spiro atoms. The predicted molar refractivity (Wildman–Crippen MR) is 82.4 cm³/mol. The van der Waals surface area contributed by atoms with E-state index in [1.54, 1.807) is 12.1 Å². The largest absolute Gasteiger partial charge is 0.422 e. The number of carbonyl (C=O) groups is 1. The number of rotatable bonds is 1. The van der Waals surface area contributed by atoms with Crippen LogP contribution in [0.1, 0.15) is 21.6 Å². The Kier molecular flexibility index (Phi) is 2.38. The molecule has 21 heavy (non-hydrogen) atoms. The van der Waals surface area contributed by atoms with Gasteiger partial charge in [0, 0.05) is 28.5 Å². The van der Waals surface area contributed by atoms with E-state index < -0.39 is 0 Å². The molecule has 2 aromatic carbocycles. The first-order valence-corrected chi connectivity index (χ1v) is 6.62. The lowest BCUT2D eigenvalue weighted by Gasteiger charge is -1.98. The van der Waals surface area contributed by atoms with Crippen LogP contribution in [0.15, 0.2) is 48.5 Å². The van der Waals surface area contributed by atoms with Crippen LogP contribution in [0.4, 0.5) is 5.69 Å². The Balaban J connectivity index is 1.82. The number of para-hydroxylation sites is 1. The number of hydrogen-bond donors (Lipinski definition) is 2. The molecule has 1 aromatic heterocycles. The van der Waals surface area contributed by atoms with Crippen molar-refractivity contribution in [3.8, 4) is 0 Å². The van der Waals surface area contributed by atoms with Crippen LogP contribution in [0.3, 0.4) is 0 Å². The molecule has 0 bridgehead atoms. The molecule has 4 heteroatoms. The van der Waals surface area contributed by atoms with Crippen molar-refractivity contribution in [1.82, 2.24) is 4.98 Å². The monoisotopic (exact) mass is 276 g/mol. The number of hydrogen-bond acceptors (Lipinski definition) is 3. The Hall–Kier alpha value is -3.01. The van der Waals surface area contributed by atoms with Gasteiger partial charge in [-0.25, -0.2) is 4.79 Å². The van der Waals surface area contributed by atoms with Crippen LogP contribution in [0, 0.1) is 0 Å². The van der Waals surface area contributed by atoms with E-state index in [2.05, 4.69) is 4.98 Å². The Morgan fingerprint density at radius 1 is 1.05 bits per heavy atom. The number of nitrogens with two attached hydrogens (primary N) is 1. The Morgan fingerprint density at radius 3 is 2.76 bits per heavy atom. The molecule has 1 aliphatic rings. The van der Waals surface area contributed by atoms with Gasteiger partial charge in [-0.2, -0.15) is 0 Å². The van der Waals surface area contributed by atoms with E-state index in [1.807, 2.05) is 42.5 Å². The van der Waals surface area contributed by atoms with Crippen molar-refractivity contribution in [3.63, 3.8) is 0 Å². The molecule has 0 saturated heterocycles. The highest BCUT2D eigenvalue weighted by Gasteiger charge is 2.26. The molecule has 0 unspecified atom stereocenters. The van der Waals surface area contributed by atoms with Crippen molar-refractivity contribution in [3.05, 3.63) is 65.4 Å². The SMILES string of the molecule is Nc1ccc2c(c1)C(=O)O/C2=C\c1cc2ccccc2[nH]1. The number of aromatic amines is 1. The normalized spacial score (nSPS) is 15.4. The van der Waals surface area contributed by atoms with Gasteiger partial charge in [0.2, 0.25) is 0 Å². The van der Waals surface area contributed by atoms with Crippen LogP contribution in [0.25, 0.3) is 22.7 Å². The van der Waals surface area contributed by atoms with Gasteiger partial charge in [-0.05, 0) is 35.7 Å². The second-order valence-electron chi connectivity index (χ2n) is 5.02. The molecule has 0 atom stereocenters. The zero-order valence-corrected chi connectivity index (χ0v) is 11.1. The van der Waals surface area contributed by atoms with Gasteiger partial charge in [0.05, 0.1) is 5.56 Å². The summed E-state index contributed by atoms with van der Waals surface area (Å²) in [7, 11) is 0. The third kappa shape index (κ3) is 1.89. The first-order valence-electron chi connectivity index (χ1n) is 6.62. The van der Waals surface area contributed by atoms with E-state index >= 15 is 0 Å². The molecular formula is C17H12N2O2. The van der Waals surface area contributed by atoms with E-state index in [4.69, 9.17) is 10.5 Å². The molecule has 0 saturated carbocycles. The van der Waals surface area contributed by atoms with Crippen molar-refractivity contribution in [2.75, 3.05) is 5.73 Å². The average Bonchev–Trinajstić information content (AvgIpc) is 3.00. The van der Waals surface area contributed by atoms with Crippen molar-refractivity contribution in [2.45, 2.75) is 0 Å². The zero-order valence-electron chi connectivity index (χ0n) is 11.1. The van der Waals surface area contributed by atoms with Crippen molar-refractivity contribution in [1.29, 1.82) is 0 Å². The van der Waals surface area contributed by atoms with Crippen LogP contribution in [-0.4, -0.2) is 11.0 Å². The third-order valence-corrected chi connectivity index (χ3v) is 3.57. The Bertz CT molecular complexity index is 873. The van der Waals surface area contributed by atoms with Gasteiger partial charge in [0.15, 0.2) is 0 Å². The Labute approximate surface area is 120 Å². The zero-order chi connectivity index (χ0) is 14.4. The summed E-state index contributed by atoms with van der Waals surface area (Å²) in [6.45, 7) is 0. The maximum absolute atomic E-state index is 11.9. The second kappa shape index (κ2) is 4.24. The number of ether oxygens (including phenoxy) is 1. The van der Waals surface area contributed by atoms with Crippen molar-refractivity contribution in [2.24, 2.45) is 0 Å². The first kappa shape index (κ1) is 11.8. The van der Waals surface area contributed by atoms with Crippen LogP contribution >= 0.6 is 0 Å². The summed E-state index contributed by atoms with van der Waals surface area (Å²) in [5.41, 5.74) is 9.48. The summed E-state index contributed by atoms with van der Waals surface area (Å²) in [6, 6.07) is 15.2. The van der Waals surface area contributed by atoms with E-state index in [9.17, 15) is 4.79 Å². The molecule has 102 valence electrons. The second-order valence-corrected chi connectivity index (χ2v) is 5.02. The predicted octanol–water partition coefficient (Wildman–Crippen LogP) is 3.42. The number of H-pyrrole nitrogens is 1. The van der Waals surface area contributed by atoms with Gasteiger partial charge in [0.1, 0.15) is 5.76 Å². The summed E-state index contributed by atoms with van der Waals surface area (Å²) >= 11 is 0. The molecule has 4 rings (SSSR count). The minimum Gasteiger partial charge on any atom is -0.422 e. The fourth-order valence-corrected chi connectivity index (χ4v) is 2.58. The molecule has 0 fully saturated rings. The van der Waals surface area contributed by atoms with E-state index in [0.717, 1.165) is 22.2 Å². The summed E-state index contributed by atoms with van der Waals surface area (Å²) in [5.74, 6) is 0.182. The van der Waals surface area contributed by atoms with Gasteiger partial charge in [-0.1, -0.05) is 18.2 Å². The number of nitrogens with one attached hydrogen (secondary N) is 1. The lowest BCUT2D eigenvalue weighted by molar-refractivity contribution is 0.0717. The maximum Gasteiger partial charge on any atom is 0.344 e. The van der Waals surface area contributed by atoms with Crippen molar-refractivity contribution < 1.29 is 9.53 Å². The van der Waals surface area contributed by atoms with Crippen molar-refractivity contribution >= 4 is 34.4 Å². The average molecular weight is 276 g/mol. The molecule has 0 radical (unpaired) electrons. The maximum atomic E-state index is 11.9. The number of anilines is 1. The number of esters is 1. The summed E-state index contributed by atoms with van der Waals surface area (Å²) in [6.07, 6.45) is 1.83. The van der Waals surface area contributed by atoms with Crippen LogP contribution in [0.2, 0.25) is 0 Å². The number of carbonyl (C=O) groups excluding carboxylic acids is 1. The van der Waals surface area contributed by atoms with Gasteiger partial charge < -0.3 is 15.5 Å². The highest BCUT2D eigenvalue weighted by Crippen LogP contribution is 2.32. The number of cyclic esters (lactones) is 1. The lowest BCUT2D eigenvalue weighted by atomic mass is 10.1. The Morgan fingerprint density at radius 2 is 1.90 bits per heavy atom. The minimum atomic E-state index is -0.361. The number of nitrogen functional groups attached to an aromatic ring is 1.